The van der Waals surface area contributed by atoms with Crippen molar-refractivity contribution < 1.29 is 14.3 Å². The van der Waals surface area contributed by atoms with Crippen LogP contribution in [0.3, 0.4) is 0 Å². The van der Waals surface area contributed by atoms with Crippen LogP contribution >= 0.6 is 0 Å². The van der Waals surface area contributed by atoms with E-state index in [9.17, 15) is 9.59 Å². The van der Waals surface area contributed by atoms with Crippen molar-refractivity contribution in [2.75, 3.05) is 0 Å². The van der Waals surface area contributed by atoms with Crippen molar-refractivity contribution in [1.82, 2.24) is 4.90 Å². The third-order valence-corrected chi connectivity index (χ3v) is 4.27. The largest absolute Gasteiger partial charge is 0.419 e. The Bertz CT molecular complexity index is 314. The highest BCUT2D eigenvalue weighted by atomic mass is 16.6. The van der Waals surface area contributed by atoms with Crippen LogP contribution in [0.5, 0.6) is 0 Å². The first-order valence-corrected chi connectivity index (χ1v) is 5.93. The van der Waals surface area contributed by atoms with Crippen molar-refractivity contribution in [3.8, 4) is 0 Å². The monoisotopic (exact) mass is 224 g/mol. The van der Waals surface area contributed by atoms with E-state index in [4.69, 9.17) is 5.73 Å². The average Bonchev–Trinajstić information content (AvgIpc) is 2.13. The van der Waals surface area contributed by atoms with Gasteiger partial charge in [-0.25, -0.2) is 9.59 Å². The van der Waals surface area contributed by atoms with Gasteiger partial charge in [-0.1, -0.05) is 0 Å². The van der Waals surface area contributed by atoms with Crippen LogP contribution in [0.15, 0.2) is 0 Å². The van der Waals surface area contributed by atoms with Crippen LogP contribution in [-0.2, 0) is 4.74 Å². The number of ether oxygens (including phenoxy) is 1. The lowest BCUT2D eigenvalue weighted by Gasteiger charge is -2.55. The van der Waals surface area contributed by atoms with Gasteiger partial charge < -0.3 is 15.4 Å². The molecule has 0 aromatic carbocycles. The van der Waals surface area contributed by atoms with Crippen LogP contribution in [0.4, 0.5) is 9.59 Å². The molecule has 2 saturated carbocycles. The Hall–Kier alpha value is -1.26. The molecule has 2 amide bonds. The van der Waals surface area contributed by atoms with Crippen LogP contribution < -0.4 is 5.73 Å². The van der Waals surface area contributed by atoms with E-state index in [-0.39, 0.29) is 12.1 Å². The van der Waals surface area contributed by atoms with Crippen molar-refractivity contribution in [2.24, 2.45) is 17.6 Å². The standard InChI is InChI=1S/C11H16N2O3/c12-10(14)16-11(15)13-8-2-6-1-7(4-8)5-9(13)3-6/h6-9H,1-5H2,(H2,12,14). The van der Waals surface area contributed by atoms with Gasteiger partial charge >= 0.3 is 12.2 Å². The van der Waals surface area contributed by atoms with E-state index in [2.05, 4.69) is 4.74 Å². The van der Waals surface area contributed by atoms with Crippen LogP contribution in [0.1, 0.15) is 32.1 Å². The molecule has 4 bridgehead atoms. The van der Waals surface area contributed by atoms with Crippen molar-refractivity contribution in [1.29, 1.82) is 0 Å². The summed E-state index contributed by atoms with van der Waals surface area (Å²) in [5, 5.41) is 0. The summed E-state index contributed by atoms with van der Waals surface area (Å²) in [6.07, 6.45) is 4.06. The maximum atomic E-state index is 11.7. The van der Waals surface area contributed by atoms with Crippen LogP contribution in [0, 0.1) is 11.8 Å². The molecule has 2 aliphatic carbocycles. The minimum Gasteiger partial charge on any atom is -0.359 e. The van der Waals surface area contributed by atoms with Gasteiger partial charge in [-0.2, -0.15) is 0 Å². The van der Waals surface area contributed by atoms with Gasteiger partial charge in [-0.05, 0) is 43.9 Å². The lowest BCUT2D eigenvalue weighted by atomic mass is 9.64. The summed E-state index contributed by atoms with van der Waals surface area (Å²) in [7, 11) is 0. The summed E-state index contributed by atoms with van der Waals surface area (Å²) in [5.74, 6) is 1.56. The zero-order valence-electron chi connectivity index (χ0n) is 9.09. The van der Waals surface area contributed by atoms with Gasteiger partial charge in [0.1, 0.15) is 0 Å². The Balaban J connectivity index is 1.76. The van der Waals surface area contributed by atoms with Crippen molar-refractivity contribution in [2.45, 2.75) is 44.2 Å². The van der Waals surface area contributed by atoms with Gasteiger partial charge in [0.05, 0.1) is 0 Å². The Labute approximate surface area is 93.9 Å². The van der Waals surface area contributed by atoms with Crippen molar-refractivity contribution in [3.63, 3.8) is 0 Å². The predicted octanol–water partition coefficient (Wildman–Crippen LogP) is 1.46. The van der Waals surface area contributed by atoms with Crippen molar-refractivity contribution >= 4 is 12.2 Å². The lowest BCUT2D eigenvalue weighted by Crippen LogP contribution is -2.60. The molecule has 0 unspecified atom stereocenters. The second kappa shape index (κ2) is 3.37. The smallest absolute Gasteiger partial charge is 0.359 e. The van der Waals surface area contributed by atoms with E-state index in [1.54, 1.807) is 4.90 Å². The van der Waals surface area contributed by atoms with E-state index in [0.717, 1.165) is 37.5 Å². The summed E-state index contributed by atoms with van der Waals surface area (Å²) in [4.78, 5) is 24.1. The van der Waals surface area contributed by atoms with Crippen LogP contribution in [0.2, 0.25) is 0 Å². The number of primary amides is 1. The summed E-state index contributed by atoms with van der Waals surface area (Å²) < 4.78 is 4.50. The highest BCUT2D eigenvalue weighted by Gasteiger charge is 2.49. The number of nitrogens with two attached hydrogens (primary N) is 1. The van der Waals surface area contributed by atoms with E-state index in [0.29, 0.717) is 0 Å². The maximum Gasteiger partial charge on any atom is 0.419 e. The molecule has 0 spiro atoms. The van der Waals surface area contributed by atoms with Gasteiger partial charge in [-0.15, -0.1) is 0 Å². The molecule has 0 radical (unpaired) electrons. The number of nitrogens with zero attached hydrogens (tertiary/aromatic N) is 1. The molecule has 2 saturated heterocycles. The molecule has 5 nitrogen and oxygen atoms in total. The molecule has 0 aromatic heterocycles. The van der Waals surface area contributed by atoms with Gasteiger partial charge in [0, 0.05) is 12.1 Å². The summed E-state index contributed by atoms with van der Waals surface area (Å²) in [6.45, 7) is 0. The molecule has 0 atom stereocenters. The van der Waals surface area contributed by atoms with Gasteiger partial charge in [0.25, 0.3) is 0 Å². The zero-order chi connectivity index (χ0) is 11.3. The minimum atomic E-state index is -1.00. The number of piperidine rings is 2. The van der Waals surface area contributed by atoms with Crippen LogP contribution in [0.25, 0.3) is 0 Å². The SMILES string of the molecule is NC(=O)OC(=O)N1C2CC3CC(C2)CC1C3. The first-order valence-electron chi connectivity index (χ1n) is 5.93. The topological polar surface area (TPSA) is 72.6 Å². The highest BCUT2D eigenvalue weighted by molar-refractivity contribution is 5.83. The van der Waals surface area contributed by atoms with Gasteiger partial charge in [0.15, 0.2) is 0 Å². The Kier molecular flexibility index (Phi) is 2.09. The second-order valence-electron chi connectivity index (χ2n) is 5.31. The predicted molar refractivity (Wildman–Crippen MR) is 55.5 cm³/mol. The fourth-order valence-corrected chi connectivity index (χ4v) is 3.97. The Morgan fingerprint density at radius 2 is 1.50 bits per heavy atom. The Morgan fingerprint density at radius 1 is 1.00 bits per heavy atom. The number of hydrogen-bond acceptors (Lipinski definition) is 3. The van der Waals surface area contributed by atoms with Gasteiger partial charge in [0.2, 0.25) is 0 Å². The molecule has 88 valence electrons. The van der Waals surface area contributed by atoms with Crippen molar-refractivity contribution in [3.05, 3.63) is 0 Å². The van der Waals surface area contributed by atoms with Crippen LogP contribution in [-0.4, -0.2) is 29.2 Å². The Morgan fingerprint density at radius 3 is 1.94 bits per heavy atom. The minimum absolute atomic E-state index is 0.281. The number of amides is 2. The third-order valence-electron chi connectivity index (χ3n) is 4.27. The van der Waals surface area contributed by atoms with E-state index in [1.165, 1.54) is 6.42 Å². The fraction of sp³-hybridized carbons (Fsp3) is 0.818. The molecule has 2 aliphatic heterocycles. The number of hydrogen-bond donors (Lipinski definition) is 1. The summed E-state index contributed by atoms with van der Waals surface area (Å²) in [5.41, 5.74) is 4.88. The van der Waals surface area contributed by atoms with Gasteiger partial charge in [-0.3, -0.25) is 0 Å². The molecule has 4 aliphatic rings. The van der Waals surface area contributed by atoms with E-state index >= 15 is 0 Å². The third kappa shape index (κ3) is 1.45. The first kappa shape index (κ1) is 9.93. The highest BCUT2D eigenvalue weighted by Crippen LogP contribution is 2.49. The average molecular weight is 224 g/mol. The zero-order valence-corrected chi connectivity index (χ0v) is 9.09. The lowest BCUT2D eigenvalue weighted by molar-refractivity contribution is -0.0447. The quantitative estimate of drug-likeness (QED) is 0.633. The molecule has 4 rings (SSSR count). The number of carbonyl (C=O) groups excluding carboxylic acids is 2. The van der Waals surface area contributed by atoms with E-state index < -0.39 is 12.2 Å². The molecule has 2 heterocycles. The molecule has 16 heavy (non-hydrogen) atoms. The molecular formula is C11H16N2O3. The molecular weight excluding hydrogens is 208 g/mol. The normalized spacial score (nSPS) is 39.9. The number of rotatable bonds is 0. The summed E-state index contributed by atoms with van der Waals surface area (Å²) in [6, 6.07) is 0.561. The summed E-state index contributed by atoms with van der Waals surface area (Å²) >= 11 is 0. The second-order valence-corrected chi connectivity index (χ2v) is 5.31. The number of carbonyl (C=O) groups is 2. The molecule has 4 fully saturated rings. The maximum absolute atomic E-state index is 11.7. The van der Waals surface area contributed by atoms with E-state index in [1.807, 2.05) is 0 Å². The first-order chi connectivity index (χ1) is 7.63. The molecule has 2 N–H and O–H groups in total. The fourth-order valence-electron chi connectivity index (χ4n) is 3.97. The molecule has 0 aromatic rings. The molecule has 5 heteroatoms.